The summed E-state index contributed by atoms with van der Waals surface area (Å²) in [7, 11) is 0. The minimum absolute atomic E-state index is 0.344. The molecule has 4 nitrogen and oxygen atoms in total. The van der Waals surface area contributed by atoms with Gasteiger partial charge >= 0.3 is 0 Å². The van der Waals surface area contributed by atoms with Crippen molar-refractivity contribution in [3.8, 4) is 11.4 Å². The number of benzene rings is 2. The summed E-state index contributed by atoms with van der Waals surface area (Å²) in [5.74, 6) is 0.786. The van der Waals surface area contributed by atoms with Crippen LogP contribution in [0.2, 0.25) is 0 Å². The van der Waals surface area contributed by atoms with Gasteiger partial charge in [0.05, 0.1) is 0 Å². The fraction of sp³-hybridized carbons (Fsp3) is 0.333. The number of nitrogens with zero attached hydrogens (tertiary/aromatic N) is 3. The first kappa shape index (κ1) is 16.2. The molecule has 0 unspecified atom stereocenters. The molecule has 0 aliphatic carbocycles. The number of hydrogen-bond donors (Lipinski definition) is 1. The number of fused-ring (bicyclic) bond motifs is 1. The van der Waals surface area contributed by atoms with Crippen LogP contribution in [-0.4, -0.2) is 33.5 Å². The first-order chi connectivity index (χ1) is 12.2. The van der Waals surface area contributed by atoms with Gasteiger partial charge in [-0.1, -0.05) is 42.5 Å². The van der Waals surface area contributed by atoms with E-state index < -0.39 is 0 Å². The molecule has 2 aromatic carbocycles. The number of nitrogens with two attached hydrogens (primary N) is 1. The Morgan fingerprint density at radius 2 is 1.84 bits per heavy atom. The summed E-state index contributed by atoms with van der Waals surface area (Å²) in [4.78, 5) is 11.8. The molecule has 4 rings (SSSR count). The van der Waals surface area contributed by atoms with Gasteiger partial charge < -0.3 is 5.73 Å². The van der Waals surface area contributed by atoms with Gasteiger partial charge in [0, 0.05) is 48.7 Å². The van der Waals surface area contributed by atoms with Gasteiger partial charge in [-0.25, -0.2) is 9.97 Å². The minimum Gasteiger partial charge on any atom is -0.328 e. The molecule has 0 amide bonds. The maximum atomic E-state index is 6.06. The third-order valence-corrected chi connectivity index (χ3v) is 5.18. The van der Waals surface area contributed by atoms with E-state index >= 15 is 0 Å². The van der Waals surface area contributed by atoms with Crippen molar-refractivity contribution in [3.05, 3.63) is 60.4 Å². The van der Waals surface area contributed by atoms with Gasteiger partial charge in [0.15, 0.2) is 5.82 Å². The largest absolute Gasteiger partial charge is 0.328 e. The van der Waals surface area contributed by atoms with Crippen molar-refractivity contribution in [1.29, 1.82) is 0 Å². The van der Waals surface area contributed by atoms with Crippen molar-refractivity contribution in [2.24, 2.45) is 5.73 Å². The zero-order valence-electron chi connectivity index (χ0n) is 14.6. The molecule has 128 valence electrons. The van der Waals surface area contributed by atoms with Crippen LogP contribution in [0.15, 0.2) is 54.9 Å². The highest BCUT2D eigenvalue weighted by molar-refractivity contribution is 5.94. The van der Waals surface area contributed by atoms with Crippen LogP contribution in [0.3, 0.4) is 0 Å². The van der Waals surface area contributed by atoms with E-state index in [1.807, 2.05) is 12.4 Å². The number of piperidine rings is 1. The van der Waals surface area contributed by atoms with Crippen LogP contribution in [-0.2, 0) is 6.54 Å². The maximum absolute atomic E-state index is 6.06. The molecule has 1 saturated heterocycles. The van der Waals surface area contributed by atoms with Crippen LogP contribution >= 0.6 is 0 Å². The first-order valence-electron chi connectivity index (χ1n) is 8.99. The predicted molar refractivity (Wildman–Crippen MR) is 102 cm³/mol. The minimum atomic E-state index is 0.344. The zero-order chi connectivity index (χ0) is 17.2. The van der Waals surface area contributed by atoms with E-state index in [4.69, 9.17) is 5.73 Å². The molecular formula is C21H24N4. The molecule has 3 aromatic rings. The second-order valence-corrected chi connectivity index (χ2v) is 7.05. The van der Waals surface area contributed by atoms with E-state index in [1.54, 1.807) is 0 Å². The molecule has 0 saturated carbocycles. The Hall–Kier alpha value is -2.30. The van der Waals surface area contributed by atoms with Gasteiger partial charge in [0.25, 0.3) is 0 Å². The van der Waals surface area contributed by atoms with E-state index in [9.17, 15) is 0 Å². The summed E-state index contributed by atoms with van der Waals surface area (Å²) >= 11 is 0. The fourth-order valence-corrected chi connectivity index (χ4v) is 3.72. The third-order valence-electron chi connectivity index (χ3n) is 5.18. The summed E-state index contributed by atoms with van der Waals surface area (Å²) in [6.45, 7) is 4.20. The number of rotatable bonds is 3. The van der Waals surface area contributed by atoms with Gasteiger partial charge in [-0.2, -0.15) is 0 Å². The zero-order valence-corrected chi connectivity index (χ0v) is 14.6. The normalized spacial score (nSPS) is 21.5. The average molecular weight is 332 g/mol. The smallest absolute Gasteiger partial charge is 0.159 e. The molecule has 1 aromatic heterocycles. The number of hydrogen-bond acceptors (Lipinski definition) is 4. The van der Waals surface area contributed by atoms with Gasteiger partial charge in [0.2, 0.25) is 0 Å². The van der Waals surface area contributed by atoms with Crippen molar-refractivity contribution in [2.45, 2.75) is 38.4 Å². The van der Waals surface area contributed by atoms with Gasteiger partial charge in [-0.15, -0.1) is 0 Å². The van der Waals surface area contributed by atoms with Crippen molar-refractivity contribution >= 4 is 10.8 Å². The topological polar surface area (TPSA) is 55.0 Å². The molecule has 0 bridgehead atoms. The van der Waals surface area contributed by atoms with Crippen molar-refractivity contribution < 1.29 is 0 Å². The van der Waals surface area contributed by atoms with Crippen LogP contribution in [0.25, 0.3) is 22.2 Å². The van der Waals surface area contributed by atoms with E-state index in [0.29, 0.717) is 12.1 Å². The number of aromatic nitrogens is 2. The van der Waals surface area contributed by atoms with Crippen LogP contribution in [0.1, 0.15) is 25.3 Å². The van der Waals surface area contributed by atoms with Crippen LogP contribution in [0, 0.1) is 0 Å². The lowest BCUT2D eigenvalue weighted by atomic mass is 9.99. The molecule has 2 atom stereocenters. The van der Waals surface area contributed by atoms with Crippen molar-refractivity contribution in [3.63, 3.8) is 0 Å². The molecule has 4 heteroatoms. The molecule has 25 heavy (non-hydrogen) atoms. The summed E-state index contributed by atoms with van der Waals surface area (Å²) in [5, 5.41) is 2.41. The second-order valence-electron chi connectivity index (χ2n) is 7.05. The monoisotopic (exact) mass is 332 g/mol. The predicted octanol–water partition coefficient (Wildman–Crippen LogP) is 3.61. The van der Waals surface area contributed by atoms with Gasteiger partial charge in [-0.3, -0.25) is 4.90 Å². The summed E-state index contributed by atoms with van der Waals surface area (Å²) < 4.78 is 0. The maximum Gasteiger partial charge on any atom is 0.159 e. The lowest BCUT2D eigenvalue weighted by Crippen LogP contribution is -2.44. The van der Waals surface area contributed by atoms with Gasteiger partial charge in [-0.05, 0) is 30.5 Å². The summed E-state index contributed by atoms with van der Waals surface area (Å²) in [6.07, 6.45) is 6.06. The Kier molecular flexibility index (Phi) is 4.47. The Morgan fingerprint density at radius 3 is 2.64 bits per heavy atom. The first-order valence-corrected chi connectivity index (χ1v) is 8.99. The molecule has 2 N–H and O–H groups in total. The molecular weight excluding hydrogens is 308 g/mol. The van der Waals surface area contributed by atoms with Gasteiger partial charge in [0.1, 0.15) is 0 Å². The van der Waals surface area contributed by atoms with Crippen LogP contribution in [0.4, 0.5) is 0 Å². The molecule has 1 aliphatic rings. The van der Waals surface area contributed by atoms with Crippen molar-refractivity contribution in [2.75, 3.05) is 6.54 Å². The quantitative estimate of drug-likeness (QED) is 0.796. The SMILES string of the molecule is C[C@@H]1C[C@@H](N)CCN1Cc1cnc(-c2cccc3ccccc23)nc1. The number of likely N-dealkylation sites (tertiary alicyclic amines) is 1. The van der Waals surface area contributed by atoms with E-state index in [1.165, 1.54) is 10.8 Å². The molecule has 1 aliphatic heterocycles. The summed E-state index contributed by atoms with van der Waals surface area (Å²) in [6, 6.07) is 15.5. The molecule has 2 heterocycles. The van der Waals surface area contributed by atoms with E-state index in [-0.39, 0.29) is 0 Å². The lowest BCUT2D eigenvalue weighted by Gasteiger charge is -2.36. The Balaban J connectivity index is 1.56. The standard InChI is InChI=1S/C21H24N4/c1-15-11-18(22)9-10-25(15)14-16-12-23-21(24-13-16)20-8-4-6-17-5-2-3-7-19(17)20/h2-8,12-13,15,18H,9-11,14,22H2,1H3/t15-,18+/m1/s1. The summed E-state index contributed by atoms with van der Waals surface area (Å²) in [5.41, 5.74) is 8.30. The lowest BCUT2D eigenvalue weighted by molar-refractivity contribution is 0.139. The van der Waals surface area contributed by atoms with Crippen molar-refractivity contribution in [1.82, 2.24) is 14.9 Å². The Labute approximate surface area is 148 Å². The highest BCUT2D eigenvalue weighted by Gasteiger charge is 2.23. The molecule has 0 radical (unpaired) electrons. The third kappa shape index (κ3) is 3.41. The highest BCUT2D eigenvalue weighted by atomic mass is 15.2. The highest BCUT2D eigenvalue weighted by Crippen LogP contribution is 2.26. The molecule has 1 fully saturated rings. The average Bonchev–Trinajstić information content (AvgIpc) is 2.64. The van der Waals surface area contributed by atoms with E-state index in [2.05, 4.69) is 64.3 Å². The fourth-order valence-electron chi connectivity index (χ4n) is 3.72. The van der Waals surface area contributed by atoms with Crippen LogP contribution in [0.5, 0.6) is 0 Å². The Morgan fingerprint density at radius 1 is 1.08 bits per heavy atom. The second kappa shape index (κ2) is 6.90. The van der Waals surface area contributed by atoms with Crippen LogP contribution < -0.4 is 5.73 Å². The molecule has 0 spiro atoms. The Bertz CT molecular complexity index is 854. The van der Waals surface area contributed by atoms with E-state index in [0.717, 1.165) is 42.9 Å².